The number of benzene rings is 2. The van der Waals surface area contributed by atoms with E-state index in [0.29, 0.717) is 28.6 Å². The van der Waals surface area contributed by atoms with Crippen molar-refractivity contribution in [3.05, 3.63) is 71.3 Å². The fourth-order valence-electron chi connectivity index (χ4n) is 2.10. The normalized spacial score (nSPS) is 10.4. The van der Waals surface area contributed by atoms with Crippen molar-refractivity contribution in [3.8, 4) is 5.75 Å². The molecule has 0 saturated carbocycles. The van der Waals surface area contributed by atoms with Crippen LogP contribution in [0.1, 0.15) is 17.5 Å². The van der Waals surface area contributed by atoms with Gasteiger partial charge in [0, 0.05) is 16.3 Å². The molecular weight excluding hydrogens is 366 g/mol. The van der Waals surface area contributed by atoms with Crippen LogP contribution in [-0.4, -0.2) is 24.6 Å². The van der Waals surface area contributed by atoms with Gasteiger partial charge >= 0.3 is 0 Å². The van der Waals surface area contributed by atoms with Crippen LogP contribution >= 0.6 is 11.6 Å². The van der Waals surface area contributed by atoms with E-state index in [9.17, 15) is 9.59 Å². The monoisotopic (exact) mass is 385 g/mol. The van der Waals surface area contributed by atoms with Gasteiger partial charge in [0.2, 0.25) is 11.8 Å². The Balaban J connectivity index is 1.86. The van der Waals surface area contributed by atoms with Gasteiger partial charge in [-0.05, 0) is 36.8 Å². The van der Waals surface area contributed by atoms with Crippen molar-refractivity contribution in [1.82, 2.24) is 5.43 Å². The summed E-state index contributed by atoms with van der Waals surface area (Å²) < 4.78 is 5.50. The Morgan fingerprint density at radius 3 is 2.74 bits per heavy atom. The molecule has 0 aliphatic carbocycles. The lowest BCUT2D eigenvalue weighted by atomic mass is 10.2. The number of para-hydroxylation sites is 1. The zero-order chi connectivity index (χ0) is 19.6. The predicted octanol–water partition coefficient (Wildman–Crippen LogP) is 3.69. The van der Waals surface area contributed by atoms with E-state index in [1.54, 1.807) is 36.4 Å². The van der Waals surface area contributed by atoms with Gasteiger partial charge in [-0.15, -0.1) is 0 Å². The van der Waals surface area contributed by atoms with Crippen molar-refractivity contribution in [1.29, 1.82) is 0 Å². The second-order valence-electron chi connectivity index (χ2n) is 5.62. The molecule has 6 nitrogen and oxygen atoms in total. The number of hydrazone groups is 1. The molecule has 2 amide bonds. The minimum Gasteiger partial charge on any atom is -0.489 e. The standard InChI is InChI=1S/C20H20ClN3O3/c1-3-10-27-18-7-5-4-6-15(18)13-22-24-20(26)12-19(25)23-16-9-8-14(2)17(21)11-16/h3-9,11,13H,1,10,12H2,2H3,(H,23,25)(H,24,26). The molecule has 2 rings (SSSR count). The maximum atomic E-state index is 11.9. The van der Waals surface area contributed by atoms with E-state index >= 15 is 0 Å². The van der Waals surface area contributed by atoms with Crippen molar-refractivity contribution in [2.24, 2.45) is 5.10 Å². The number of rotatable bonds is 8. The van der Waals surface area contributed by atoms with E-state index in [4.69, 9.17) is 16.3 Å². The van der Waals surface area contributed by atoms with Gasteiger partial charge in [-0.1, -0.05) is 42.5 Å². The summed E-state index contributed by atoms with van der Waals surface area (Å²) in [7, 11) is 0. The molecule has 0 spiro atoms. The first kappa shape index (κ1) is 20.2. The molecule has 2 aromatic carbocycles. The molecule has 0 atom stereocenters. The fraction of sp³-hybridized carbons (Fsp3) is 0.150. The lowest BCUT2D eigenvalue weighted by Crippen LogP contribution is -2.24. The Morgan fingerprint density at radius 2 is 2.00 bits per heavy atom. The van der Waals surface area contributed by atoms with Gasteiger partial charge in [-0.25, -0.2) is 5.43 Å². The van der Waals surface area contributed by atoms with Gasteiger partial charge < -0.3 is 10.1 Å². The minimum absolute atomic E-state index is 0.362. The molecule has 0 aliphatic heterocycles. The van der Waals surface area contributed by atoms with Crippen LogP contribution in [0.15, 0.2) is 60.2 Å². The third-order valence-electron chi connectivity index (χ3n) is 3.45. The van der Waals surface area contributed by atoms with E-state index in [1.807, 2.05) is 19.1 Å². The molecule has 0 radical (unpaired) electrons. The van der Waals surface area contributed by atoms with Crippen LogP contribution in [0.25, 0.3) is 0 Å². The quantitative estimate of drug-likeness (QED) is 0.315. The summed E-state index contributed by atoms with van der Waals surface area (Å²) in [6.07, 6.45) is 2.72. The summed E-state index contributed by atoms with van der Waals surface area (Å²) in [4.78, 5) is 23.8. The minimum atomic E-state index is -0.536. The summed E-state index contributed by atoms with van der Waals surface area (Å²) in [5.41, 5.74) is 4.44. The maximum absolute atomic E-state index is 11.9. The van der Waals surface area contributed by atoms with Crippen LogP contribution in [0.4, 0.5) is 5.69 Å². The molecule has 140 valence electrons. The number of nitrogens with one attached hydrogen (secondary N) is 2. The van der Waals surface area contributed by atoms with E-state index in [2.05, 4.69) is 22.4 Å². The highest BCUT2D eigenvalue weighted by Crippen LogP contribution is 2.20. The molecule has 2 N–H and O–H groups in total. The van der Waals surface area contributed by atoms with E-state index in [1.165, 1.54) is 6.21 Å². The molecule has 0 bridgehead atoms. The van der Waals surface area contributed by atoms with Crippen LogP contribution in [0.3, 0.4) is 0 Å². The number of hydrogen-bond acceptors (Lipinski definition) is 4. The number of amides is 2. The van der Waals surface area contributed by atoms with Crippen molar-refractivity contribution in [3.63, 3.8) is 0 Å². The second kappa shape index (κ2) is 10.1. The summed E-state index contributed by atoms with van der Waals surface area (Å²) in [5.74, 6) is -0.381. The average Bonchev–Trinajstić information content (AvgIpc) is 2.64. The van der Waals surface area contributed by atoms with Gasteiger partial charge in [-0.3, -0.25) is 9.59 Å². The van der Waals surface area contributed by atoms with Crippen LogP contribution in [0.5, 0.6) is 5.75 Å². The van der Waals surface area contributed by atoms with Gasteiger partial charge in [0.25, 0.3) is 0 Å². The van der Waals surface area contributed by atoms with E-state index < -0.39 is 11.8 Å². The van der Waals surface area contributed by atoms with E-state index in [0.717, 1.165) is 5.56 Å². The van der Waals surface area contributed by atoms with Crippen molar-refractivity contribution < 1.29 is 14.3 Å². The number of carbonyl (C=O) groups is 2. The smallest absolute Gasteiger partial charge is 0.249 e. The van der Waals surface area contributed by atoms with Crippen molar-refractivity contribution >= 4 is 35.3 Å². The Bertz CT molecular complexity index is 865. The first-order chi connectivity index (χ1) is 13.0. The Hall–Kier alpha value is -3.12. The molecule has 0 aromatic heterocycles. The first-order valence-corrected chi connectivity index (χ1v) is 8.58. The third kappa shape index (κ3) is 6.60. The number of halogens is 1. The SMILES string of the molecule is C=CCOc1ccccc1C=NNC(=O)CC(=O)Nc1ccc(C)c(Cl)c1. The number of aryl methyl sites for hydroxylation is 1. The number of carbonyl (C=O) groups excluding carboxylic acids is 2. The maximum Gasteiger partial charge on any atom is 0.249 e. The van der Waals surface area contributed by atoms with Gasteiger partial charge in [0.1, 0.15) is 18.8 Å². The molecule has 27 heavy (non-hydrogen) atoms. The summed E-state index contributed by atoms with van der Waals surface area (Å²) in [6.45, 7) is 5.82. The molecule has 0 aliphatic rings. The zero-order valence-electron chi connectivity index (χ0n) is 14.9. The highest BCUT2D eigenvalue weighted by Gasteiger charge is 2.10. The largest absolute Gasteiger partial charge is 0.489 e. The third-order valence-corrected chi connectivity index (χ3v) is 3.85. The van der Waals surface area contributed by atoms with Crippen LogP contribution in [-0.2, 0) is 9.59 Å². The number of ether oxygens (including phenoxy) is 1. The van der Waals surface area contributed by atoms with Crippen LogP contribution < -0.4 is 15.5 Å². The number of nitrogens with zero attached hydrogens (tertiary/aromatic N) is 1. The van der Waals surface area contributed by atoms with E-state index in [-0.39, 0.29) is 6.42 Å². The Labute approximate surface area is 162 Å². The topological polar surface area (TPSA) is 79.8 Å². The fourth-order valence-corrected chi connectivity index (χ4v) is 2.28. The van der Waals surface area contributed by atoms with Gasteiger partial charge in [0.15, 0.2) is 0 Å². The Kier molecular flexibility index (Phi) is 7.58. The highest BCUT2D eigenvalue weighted by atomic mass is 35.5. The molecule has 2 aromatic rings. The lowest BCUT2D eigenvalue weighted by Gasteiger charge is -2.07. The molecule has 0 saturated heterocycles. The second-order valence-corrected chi connectivity index (χ2v) is 6.03. The molecule has 0 fully saturated rings. The Morgan fingerprint density at radius 1 is 1.22 bits per heavy atom. The summed E-state index contributed by atoms with van der Waals surface area (Å²) in [5, 5.41) is 7.02. The molecule has 0 heterocycles. The number of hydrogen-bond donors (Lipinski definition) is 2. The van der Waals surface area contributed by atoms with Crippen molar-refractivity contribution in [2.75, 3.05) is 11.9 Å². The predicted molar refractivity (Wildman–Crippen MR) is 107 cm³/mol. The van der Waals surface area contributed by atoms with Crippen molar-refractivity contribution in [2.45, 2.75) is 13.3 Å². The molecule has 0 unspecified atom stereocenters. The van der Waals surface area contributed by atoms with Gasteiger partial charge in [0.05, 0.1) is 6.21 Å². The highest BCUT2D eigenvalue weighted by molar-refractivity contribution is 6.31. The summed E-state index contributed by atoms with van der Waals surface area (Å²) >= 11 is 6.01. The zero-order valence-corrected chi connectivity index (χ0v) is 15.6. The van der Waals surface area contributed by atoms with Crippen LogP contribution in [0.2, 0.25) is 5.02 Å². The van der Waals surface area contributed by atoms with Crippen LogP contribution in [0, 0.1) is 6.92 Å². The first-order valence-electron chi connectivity index (χ1n) is 8.20. The number of anilines is 1. The van der Waals surface area contributed by atoms with Gasteiger partial charge in [-0.2, -0.15) is 5.10 Å². The average molecular weight is 386 g/mol. The summed E-state index contributed by atoms with van der Waals surface area (Å²) in [6, 6.07) is 12.4. The molecular formula is C20H20ClN3O3. The lowest BCUT2D eigenvalue weighted by molar-refractivity contribution is -0.126. The molecule has 7 heteroatoms.